The Kier molecular flexibility index (Phi) is 4.80. The van der Waals surface area contributed by atoms with Crippen LogP contribution in [0.2, 0.25) is 0 Å². The number of ether oxygens (including phenoxy) is 1. The number of nitrogens with zero attached hydrogens (tertiary/aromatic N) is 4. The standard InChI is InChI=1S/C15H23N5O/c1-2-21-11-10-20-13-4-3-5-17-15(13)18-14(20)12-19-8-6-16-7-9-19/h3-5,16H,2,6-12H2,1H3. The van der Waals surface area contributed by atoms with Gasteiger partial charge in [0.05, 0.1) is 18.7 Å². The molecule has 0 aliphatic carbocycles. The number of hydrogen-bond acceptors (Lipinski definition) is 5. The van der Waals surface area contributed by atoms with Crippen LogP contribution in [0.3, 0.4) is 0 Å². The average Bonchev–Trinajstić information content (AvgIpc) is 2.86. The third-order valence-corrected chi connectivity index (χ3v) is 3.84. The van der Waals surface area contributed by atoms with E-state index in [-0.39, 0.29) is 0 Å². The Morgan fingerprint density at radius 2 is 2.19 bits per heavy atom. The first-order valence-electron chi connectivity index (χ1n) is 7.69. The molecule has 0 saturated carbocycles. The second-order valence-electron chi connectivity index (χ2n) is 5.25. The number of nitrogens with one attached hydrogen (secondary N) is 1. The van der Waals surface area contributed by atoms with Gasteiger partial charge in [-0.1, -0.05) is 0 Å². The maximum Gasteiger partial charge on any atom is 0.177 e. The van der Waals surface area contributed by atoms with E-state index in [1.165, 1.54) is 0 Å². The number of pyridine rings is 1. The molecule has 114 valence electrons. The number of imidazole rings is 1. The molecule has 2 aromatic rings. The van der Waals surface area contributed by atoms with Gasteiger partial charge < -0.3 is 14.6 Å². The molecule has 21 heavy (non-hydrogen) atoms. The fraction of sp³-hybridized carbons (Fsp3) is 0.600. The van der Waals surface area contributed by atoms with Crippen LogP contribution in [0, 0.1) is 0 Å². The minimum Gasteiger partial charge on any atom is -0.380 e. The zero-order valence-electron chi connectivity index (χ0n) is 12.6. The fourth-order valence-corrected chi connectivity index (χ4v) is 2.75. The Morgan fingerprint density at radius 1 is 1.33 bits per heavy atom. The van der Waals surface area contributed by atoms with E-state index in [0.29, 0.717) is 6.61 Å². The highest BCUT2D eigenvalue weighted by molar-refractivity contribution is 5.71. The molecule has 6 heteroatoms. The summed E-state index contributed by atoms with van der Waals surface area (Å²) >= 11 is 0. The van der Waals surface area contributed by atoms with Crippen LogP contribution in [0.4, 0.5) is 0 Å². The molecule has 1 fully saturated rings. The first-order chi connectivity index (χ1) is 10.4. The van der Waals surface area contributed by atoms with Gasteiger partial charge in [-0.15, -0.1) is 0 Å². The summed E-state index contributed by atoms with van der Waals surface area (Å²) in [4.78, 5) is 11.5. The Labute approximate surface area is 125 Å². The highest BCUT2D eigenvalue weighted by Crippen LogP contribution is 2.15. The van der Waals surface area contributed by atoms with Crippen LogP contribution in [-0.4, -0.2) is 58.8 Å². The molecule has 1 aliphatic heterocycles. The van der Waals surface area contributed by atoms with Crippen molar-refractivity contribution in [1.29, 1.82) is 0 Å². The van der Waals surface area contributed by atoms with Gasteiger partial charge in [0.2, 0.25) is 0 Å². The molecule has 2 aromatic heterocycles. The van der Waals surface area contributed by atoms with Crippen molar-refractivity contribution in [2.24, 2.45) is 0 Å². The van der Waals surface area contributed by atoms with Crippen molar-refractivity contribution >= 4 is 11.2 Å². The van der Waals surface area contributed by atoms with Gasteiger partial charge in [0.1, 0.15) is 5.82 Å². The normalized spacial score (nSPS) is 16.6. The van der Waals surface area contributed by atoms with Crippen molar-refractivity contribution in [3.63, 3.8) is 0 Å². The Balaban J connectivity index is 1.82. The van der Waals surface area contributed by atoms with Crippen LogP contribution in [0.1, 0.15) is 12.7 Å². The molecule has 0 amide bonds. The lowest BCUT2D eigenvalue weighted by Gasteiger charge is -2.27. The van der Waals surface area contributed by atoms with E-state index in [1.54, 1.807) is 6.20 Å². The summed E-state index contributed by atoms with van der Waals surface area (Å²) < 4.78 is 7.76. The van der Waals surface area contributed by atoms with E-state index in [4.69, 9.17) is 9.72 Å². The molecule has 3 heterocycles. The minimum atomic E-state index is 0.714. The largest absolute Gasteiger partial charge is 0.380 e. The summed E-state index contributed by atoms with van der Waals surface area (Å²) in [5.74, 6) is 1.09. The molecule has 6 nitrogen and oxygen atoms in total. The number of fused-ring (bicyclic) bond motifs is 1. The summed E-state index contributed by atoms with van der Waals surface area (Å²) in [5.41, 5.74) is 1.93. The van der Waals surface area contributed by atoms with Crippen molar-refractivity contribution in [3.05, 3.63) is 24.2 Å². The monoisotopic (exact) mass is 289 g/mol. The quantitative estimate of drug-likeness (QED) is 0.800. The smallest absolute Gasteiger partial charge is 0.177 e. The van der Waals surface area contributed by atoms with Gasteiger partial charge in [0.25, 0.3) is 0 Å². The lowest BCUT2D eigenvalue weighted by molar-refractivity contribution is 0.138. The molecule has 1 N–H and O–H groups in total. The zero-order valence-corrected chi connectivity index (χ0v) is 12.6. The molecule has 0 radical (unpaired) electrons. The molecule has 3 rings (SSSR count). The lowest BCUT2D eigenvalue weighted by atomic mass is 10.3. The topological polar surface area (TPSA) is 55.2 Å². The Morgan fingerprint density at radius 3 is 3.00 bits per heavy atom. The Hall–Kier alpha value is -1.50. The molecule has 0 unspecified atom stereocenters. The summed E-state index contributed by atoms with van der Waals surface area (Å²) in [6.45, 7) is 9.44. The van der Waals surface area contributed by atoms with Crippen LogP contribution in [0.25, 0.3) is 11.2 Å². The average molecular weight is 289 g/mol. The van der Waals surface area contributed by atoms with E-state index in [2.05, 4.69) is 25.8 Å². The van der Waals surface area contributed by atoms with Gasteiger partial charge in [-0.25, -0.2) is 9.97 Å². The predicted octanol–water partition coefficient (Wildman–Crippen LogP) is 0.873. The molecular formula is C15H23N5O. The van der Waals surface area contributed by atoms with Gasteiger partial charge in [-0.2, -0.15) is 0 Å². The first kappa shape index (κ1) is 14.4. The van der Waals surface area contributed by atoms with Crippen molar-refractivity contribution in [3.8, 4) is 0 Å². The van der Waals surface area contributed by atoms with Crippen LogP contribution in [-0.2, 0) is 17.8 Å². The van der Waals surface area contributed by atoms with Gasteiger partial charge in [0.15, 0.2) is 5.65 Å². The number of rotatable bonds is 6. The van der Waals surface area contributed by atoms with Gasteiger partial charge in [0, 0.05) is 45.5 Å². The second kappa shape index (κ2) is 6.98. The van der Waals surface area contributed by atoms with Crippen LogP contribution in [0.5, 0.6) is 0 Å². The third-order valence-electron chi connectivity index (χ3n) is 3.84. The van der Waals surface area contributed by atoms with Gasteiger partial charge >= 0.3 is 0 Å². The molecule has 1 saturated heterocycles. The molecular weight excluding hydrogens is 266 g/mol. The fourth-order valence-electron chi connectivity index (χ4n) is 2.75. The molecule has 1 aliphatic rings. The highest BCUT2D eigenvalue weighted by Gasteiger charge is 2.16. The maximum atomic E-state index is 5.51. The van der Waals surface area contributed by atoms with E-state index >= 15 is 0 Å². The summed E-state index contributed by atoms with van der Waals surface area (Å²) in [7, 11) is 0. The van der Waals surface area contributed by atoms with Crippen molar-refractivity contribution in [1.82, 2.24) is 24.8 Å². The SMILES string of the molecule is CCOCCn1c(CN2CCNCC2)nc2ncccc21. The molecule has 0 atom stereocenters. The van der Waals surface area contributed by atoms with E-state index in [0.717, 1.165) is 62.9 Å². The van der Waals surface area contributed by atoms with E-state index in [1.807, 2.05) is 13.0 Å². The van der Waals surface area contributed by atoms with E-state index < -0.39 is 0 Å². The van der Waals surface area contributed by atoms with Gasteiger partial charge in [-0.3, -0.25) is 4.90 Å². The Bertz CT molecular complexity index is 576. The van der Waals surface area contributed by atoms with Crippen molar-refractivity contribution in [2.45, 2.75) is 20.0 Å². The van der Waals surface area contributed by atoms with Crippen molar-refractivity contribution < 1.29 is 4.74 Å². The summed E-state index contributed by atoms with van der Waals surface area (Å²) in [6, 6.07) is 4.05. The second-order valence-corrected chi connectivity index (χ2v) is 5.25. The van der Waals surface area contributed by atoms with Crippen LogP contribution in [0.15, 0.2) is 18.3 Å². The van der Waals surface area contributed by atoms with E-state index in [9.17, 15) is 0 Å². The van der Waals surface area contributed by atoms with Crippen molar-refractivity contribution in [2.75, 3.05) is 39.4 Å². The van der Waals surface area contributed by atoms with Gasteiger partial charge in [-0.05, 0) is 19.1 Å². The summed E-state index contributed by atoms with van der Waals surface area (Å²) in [6.07, 6.45) is 1.80. The van der Waals surface area contributed by atoms with Crippen LogP contribution >= 0.6 is 0 Å². The maximum absolute atomic E-state index is 5.51. The number of hydrogen-bond donors (Lipinski definition) is 1. The lowest BCUT2D eigenvalue weighted by Crippen LogP contribution is -2.43. The minimum absolute atomic E-state index is 0.714. The third kappa shape index (κ3) is 3.40. The number of aromatic nitrogens is 3. The predicted molar refractivity (Wildman–Crippen MR) is 82.2 cm³/mol. The molecule has 0 bridgehead atoms. The van der Waals surface area contributed by atoms with Crippen LogP contribution < -0.4 is 5.32 Å². The first-order valence-corrected chi connectivity index (χ1v) is 7.69. The zero-order chi connectivity index (χ0) is 14.5. The molecule has 0 aromatic carbocycles. The summed E-state index contributed by atoms with van der Waals surface area (Å²) in [5, 5.41) is 3.38. The highest BCUT2D eigenvalue weighted by atomic mass is 16.5. The number of piperazine rings is 1. The molecule has 0 spiro atoms.